The van der Waals surface area contributed by atoms with E-state index in [9.17, 15) is 15.2 Å². The van der Waals surface area contributed by atoms with E-state index in [-0.39, 0.29) is 5.91 Å². The van der Waals surface area contributed by atoms with E-state index in [1.807, 2.05) is 54.7 Å². The molecule has 0 saturated carbocycles. The Bertz CT molecular complexity index is 1680. The highest BCUT2D eigenvalue weighted by Crippen LogP contribution is 2.39. The summed E-state index contributed by atoms with van der Waals surface area (Å²) in [6.45, 7) is 11.4. The smallest absolute Gasteiger partial charge is 0.236 e. The molecule has 43 heavy (non-hydrogen) atoms. The van der Waals surface area contributed by atoms with Crippen LogP contribution in [-0.4, -0.2) is 99.5 Å². The number of benzene rings is 1. The molecular formula is C31H37N9O2S. The van der Waals surface area contributed by atoms with Crippen molar-refractivity contribution in [2.24, 2.45) is 0 Å². The number of nitrogens with zero attached hydrogens (tertiary/aromatic N) is 9. The van der Waals surface area contributed by atoms with Gasteiger partial charge in [-0.1, -0.05) is 41.2 Å². The number of β-amino-alcohol motifs (C(OH)–C–C–N with tert-alkyl or cyclic N) is 1. The largest absolute Gasteiger partial charge is 0.391 e. The second-order valence-corrected chi connectivity index (χ2v) is 12.3. The molecule has 1 aromatic carbocycles. The van der Waals surface area contributed by atoms with Crippen molar-refractivity contribution in [1.82, 2.24) is 29.5 Å². The summed E-state index contributed by atoms with van der Waals surface area (Å²) in [5.74, 6) is 0.980. The molecular weight excluding hydrogens is 562 g/mol. The predicted octanol–water partition coefficient (Wildman–Crippen LogP) is 3.55. The van der Waals surface area contributed by atoms with E-state index in [1.165, 1.54) is 11.3 Å². The summed E-state index contributed by atoms with van der Waals surface area (Å²) < 4.78 is 1.94. The minimum absolute atomic E-state index is 0.0937. The van der Waals surface area contributed by atoms with Crippen LogP contribution >= 0.6 is 11.3 Å². The van der Waals surface area contributed by atoms with Gasteiger partial charge in [0.15, 0.2) is 10.8 Å². The Labute approximate surface area is 255 Å². The second kappa shape index (κ2) is 11.9. The molecule has 2 fully saturated rings. The molecule has 0 spiro atoms. The van der Waals surface area contributed by atoms with Gasteiger partial charge in [0.25, 0.3) is 0 Å². The first-order valence-corrected chi connectivity index (χ1v) is 15.6. The van der Waals surface area contributed by atoms with Gasteiger partial charge in [-0.15, -0.1) is 0 Å². The van der Waals surface area contributed by atoms with Gasteiger partial charge in [-0.05, 0) is 33.3 Å². The van der Waals surface area contributed by atoms with Crippen LogP contribution in [0.1, 0.15) is 29.5 Å². The maximum absolute atomic E-state index is 12.7. The van der Waals surface area contributed by atoms with E-state index in [4.69, 9.17) is 15.1 Å². The van der Waals surface area contributed by atoms with Gasteiger partial charge in [0.2, 0.25) is 5.91 Å². The molecule has 1 atom stereocenters. The lowest BCUT2D eigenvalue weighted by Crippen LogP contribution is -2.50. The van der Waals surface area contributed by atoms with Crippen molar-refractivity contribution in [3.8, 4) is 17.3 Å². The number of aromatic nitrogens is 4. The van der Waals surface area contributed by atoms with Crippen molar-refractivity contribution >= 4 is 44.9 Å². The lowest BCUT2D eigenvalue weighted by Gasteiger charge is -2.36. The number of rotatable bonds is 7. The van der Waals surface area contributed by atoms with Gasteiger partial charge < -0.3 is 19.8 Å². The number of aliphatic hydroxyl groups is 1. The number of anilines is 3. The molecule has 224 valence electrons. The van der Waals surface area contributed by atoms with Crippen LogP contribution in [0.15, 0.2) is 30.3 Å². The second-order valence-electron chi connectivity index (χ2n) is 11.4. The van der Waals surface area contributed by atoms with Crippen LogP contribution in [0.4, 0.5) is 16.6 Å². The predicted molar refractivity (Wildman–Crippen MR) is 169 cm³/mol. The zero-order chi connectivity index (χ0) is 30.2. The fraction of sp³-hybridized carbons (Fsp3) is 0.452. The number of pyridine rings is 1. The third-order valence-corrected chi connectivity index (χ3v) is 9.44. The van der Waals surface area contributed by atoms with Crippen molar-refractivity contribution in [3.05, 3.63) is 46.5 Å². The Morgan fingerprint density at radius 1 is 1.14 bits per heavy atom. The zero-order valence-electron chi connectivity index (χ0n) is 25.1. The highest BCUT2D eigenvalue weighted by molar-refractivity contribution is 7.16. The Morgan fingerprint density at radius 3 is 2.53 bits per heavy atom. The molecule has 2 aliphatic heterocycles. The Balaban J connectivity index is 1.25. The van der Waals surface area contributed by atoms with Crippen LogP contribution in [-0.2, 0) is 11.3 Å². The van der Waals surface area contributed by atoms with Crippen molar-refractivity contribution in [1.29, 1.82) is 5.26 Å². The average molecular weight is 600 g/mol. The van der Waals surface area contributed by atoms with Crippen LogP contribution in [0, 0.1) is 25.2 Å². The highest BCUT2D eigenvalue weighted by atomic mass is 32.1. The molecule has 11 nitrogen and oxygen atoms in total. The van der Waals surface area contributed by atoms with E-state index in [2.05, 4.69) is 28.9 Å². The quantitative estimate of drug-likeness (QED) is 0.340. The van der Waals surface area contributed by atoms with Gasteiger partial charge in [0.1, 0.15) is 22.5 Å². The molecule has 6 rings (SSSR count). The number of thiazole rings is 1. The summed E-state index contributed by atoms with van der Waals surface area (Å²) in [4.78, 5) is 31.4. The van der Waals surface area contributed by atoms with E-state index >= 15 is 0 Å². The lowest BCUT2D eigenvalue weighted by molar-refractivity contribution is -0.131. The van der Waals surface area contributed by atoms with Gasteiger partial charge in [0.05, 0.1) is 29.4 Å². The Morgan fingerprint density at radius 2 is 1.88 bits per heavy atom. The Kier molecular flexibility index (Phi) is 8.05. The van der Waals surface area contributed by atoms with Gasteiger partial charge in [-0.2, -0.15) is 10.4 Å². The number of nitriles is 1. The van der Waals surface area contributed by atoms with Gasteiger partial charge in [-0.25, -0.2) is 14.6 Å². The minimum Gasteiger partial charge on any atom is -0.391 e. The van der Waals surface area contributed by atoms with Crippen molar-refractivity contribution < 1.29 is 9.90 Å². The first-order chi connectivity index (χ1) is 20.7. The third-order valence-electron chi connectivity index (χ3n) is 8.40. The van der Waals surface area contributed by atoms with Crippen LogP contribution < -0.4 is 9.80 Å². The number of amides is 1. The molecule has 1 N–H and O–H groups in total. The molecule has 0 aliphatic carbocycles. The monoisotopic (exact) mass is 599 g/mol. The summed E-state index contributed by atoms with van der Waals surface area (Å²) in [5, 5.41) is 26.2. The van der Waals surface area contributed by atoms with E-state index in [0.29, 0.717) is 48.8 Å². The van der Waals surface area contributed by atoms with Crippen LogP contribution in [0.2, 0.25) is 0 Å². The van der Waals surface area contributed by atoms with Crippen molar-refractivity contribution in [2.75, 3.05) is 62.7 Å². The van der Waals surface area contributed by atoms with E-state index in [0.717, 1.165) is 65.0 Å². The molecule has 12 heteroatoms. The standard InChI is InChI=1S/C31H37N9O2S/c1-5-40-30(36(4)31-34-28(26(17-32)43-31)22-8-6-20(2)7-9-22)24-16-25(21(3)33-29(24)35-40)38-14-12-37(13-15-38)19-27(42)39-11-10-23(41)18-39/h6-9,16,23,41H,5,10-15,18-19H2,1-4H3/t23-/m1/s1. The number of aliphatic hydroxyl groups excluding tert-OH is 1. The molecule has 0 unspecified atom stereocenters. The SMILES string of the molecule is CCn1nc2nc(C)c(N3CCN(CC(=O)N4CC[C@@H](O)C4)CC3)cc2c1N(C)c1nc(-c2ccc(C)cc2)c(C#N)s1. The average Bonchev–Trinajstić information content (AvgIpc) is 3.73. The van der Waals surface area contributed by atoms with Crippen LogP contribution in [0.3, 0.4) is 0 Å². The third kappa shape index (κ3) is 5.68. The summed E-state index contributed by atoms with van der Waals surface area (Å²) in [6, 6.07) is 12.6. The number of carbonyl (C=O) groups is 1. The van der Waals surface area contributed by atoms with Crippen LogP contribution in [0.25, 0.3) is 22.3 Å². The Hall–Kier alpha value is -4.05. The molecule has 2 aliphatic rings. The number of piperazine rings is 1. The number of hydrogen-bond acceptors (Lipinski definition) is 10. The molecule has 0 radical (unpaired) electrons. The summed E-state index contributed by atoms with van der Waals surface area (Å²) in [7, 11) is 1.97. The first kappa shape index (κ1) is 29.0. The zero-order valence-corrected chi connectivity index (χ0v) is 25.9. The molecule has 5 heterocycles. The topological polar surface area (TPSA) is 118 Å². The number of aryl methyl sites for hydroxylation is 3. The number of fused-ring (bicyclic) bond motifs is 1. The van der Waals surface area contributed by atoms with Gasteiger partial charge in [0, 0.05) is 58.4 Å². The number of carbonyl (C=O) groups excluding carboxylic acids is 1. The number of hydrogen-bond donors (Lipinski definition) is 1. The normalized spacial score (nSPS) is 17.5. The lowest BCUT2D eigenvalue weighted by atomic mass is 10.1. The number of likely N-dealkylation sites (tertiary alicyclic amines) is 1. The maximum Gasteiger partial charge on any atom is 0.236 e. The maximum atomic E-state index is 12.7. The van der Waals surface area contributed by atoms with E-state index < -0.39 is 6.10 Å². The van der Waals surface area contributed by atoms with Crippen molar-refractivity contribution in [2.45, 2.75) is 39.8 Å². The van der Waals surface area contributed by atoms with Crippen molar-refractivity contribution in [3.63, 3.8) is 0 Å². The van der Waals surface area contributed by atoms with Gasteiger partial charge >= 0.3 is 0 Å². The minimum atomic E-state index is -0.397. The first-order valence-electron chi connectivity index (χ1n) is 14.8. The van der Waals surface area contributed by atoms with Gasteiger partial charge in [-0.3, -0.25) is 9.69 Å². The highest BCUT2D eigenvalue weighted by Gasteiger charge is 2.28. The molecule has 4 aromatic rings. The molecule has 0 bridgehead atoms. The molecule has 1 amide bonds. The summed E-state index contributed by atoms with van der Waals surface area (Å²) in [5.41, 5.74) is 5.42. The fourth-order valence-corrected chi connectivity index (χ4v) is 6.80. The summed E-state index contributed by atoms with van der Waals surface area (Å²) >= 11 is 1.37. The molecule has 3 aromatic heterocycles. The molecule has 2 saturated heterocycles. The van der Waals surface area contributed by atoms with E-state index in [1.54, 1.807) is 4.90 Å². The summed E-state index contributed by atoms with van der Waals surface area (Å²) in [6.07, 6.45) is 0.266. The van der Waals surface area contributed by atoms with Crippen LogP contribution in [0.5, 0.6) is 0 Å². The fourth-order valence-electron chi connectivity index (χ4n) is 5.95.